The molecule has 2 aromatic rings. The van der Waals surface area contributed by atoms with Crippen LogP contribution < -0.4 is 11.5 Å². The molecular weight excluding hydrogens is 422 g/mol. The Balaban J connectivity index is 1.73. The van der Waals surface area contributed by atoms with E-state index < -0.39 is 17.7 Å². The molecule has 1 aromatic carbocycles. The van der Waals surface area contributed by atoms with Crippen LogP contribution >= 0.6 is 0 Å². The highest BCUT2D eigenvalue weighted by Gasteiger charge is 2.49. The molecule has 1 fully saturated rings. The van der Waals surface area contributed by atoms with Gasteiger partial charge in [-0.3, -0.25) is 14.6 Å². The second-order valence-corrected chi connectivity index (χ2v) is 10.8. The highest BCUT2D eigenvalue weighted by atomic mass is 16.2. The van der Waals surface area contributed by atoms with E-state index in [1.165, 1.54) is 22.3 Å². The number of hydrogen-bond acceptors (Lipinski definition) is 3. The molecule has 4 N–H and O–H groups in total. The van der Waals surface area contributed by atoms with Crippen LogP contribution in [0.15, 0.2) is 42.6 Å². The summed E-state index contributed by atoms with van der Waals surface area (Å²) in [6.07, 6.45) is 11.0. The molecule has 5 nitrogen and oxygen atoms in total. The standard InChI is InChI=1S/C29H37N3O2/c1-6-27(4)10-11-28(5,7-2)23-16-21(18(3)14-22(23)27)29(12-13-29)24-9-8-19(17-32-24)15-20(25(30)33)26(31)34/h8-11,14,16-17,20H,6-7,12-13,15H2,1-5H3,(H2,30,33)(H2,31,34). The van der Waals surface area contributed by atoms with Crippen LogP contribution in [0.2, 0.25) is 0 Å². The van der Waals surface area contributed by atoms with E-state index >= 15 is 0 Å². The van der Waals surface area contributed by atoms with E-state index in [1.54, 1.807) is 6.20 Å². The average Bonchev–Trinajstić information content (AvgIpc) is 3.61. The third kappa shape index (κ3) is 3.85. The van der Waals surface area contributed by atoms with E-state index in [1.807, 2.05) is 12.1 Å². The summed E-state index contributed by atoms with van der Waals surface area (Å²) in [6.45, 7) is 11.4. The van der Waals surface area contributed by atoms with E-state index in [0.29, 0.717) is 0 Å². The normalized spacial score (nSPS) is 24.6. The van der Waals surface area contributed by atoms with Crippen LogP contribution in [-0.2, 0) is 32.3 Å². The zero-order valence-corrected chi connectivity index (χ0v) is 21.1. The van der Waals surface area contributed by atoms with Crippen molar-refractivity contribution in [2.24, 2.45) is 17.4 Å². The Morgan fingerprint density at radius 3 is 1.94 bits per heavy atom. The fourth-order valence-electron chi connectivity index (χ4n) is 5.53. The predicted octanol–water partition coefficient (Wildman–Crippen LogP) is 4.50. The number of pyridine rings is 1. The SMILES string of the molecule is CCC1(C)C=CC(C)(CC)c2cc(C3(c4ccc(CC(C(N)=O)C(N)=O)cn4)CC3)c(C)cc21. The zero-order valence-electron chi connectivity index (χ0n) is 21.1. The van der Waals surface area contributed by atoms with Gasteiger partial charge in [0.2, 0.25) is 11.8 Å². The smallest absolute Gasteiger partial charge is 0.230 e. The maximum Gasteiger partial charge on any atom is 0.230 e. The van der Waals surface area contributed by atoms with Gasteiger partial charge in [0.25, 0.3) is 0 Å². The van der Waals surface area contributed by atoms with E-state index in [9.17, 15) is 9.59 Å². The van der Waals surface area contributed by atoms with Crippen molar-refractivity contribution < 1.29 is 9.59 Å². The summed E-state index contributed by atoms with van der Waals surface area (Å²) in [6, 6.07) is 8.87. The molecule has 2 atom stereocenters. The number of aryl methyl sites for hydroxylation is 1. The third-order valence-electron chi connectivity index (χ3n) is 8.59. The number of carbonyl (C=O) groups is 2. The molecule has 0 bridgehead atoms. The summed E-state index contributed by atoms with van der Waals surface area (Å²) < 4.78 is 0. The van der Waals surface area contributed by atoms with E-state index in [4.69, 9.17) is 16.5 Å². The number of amides is 2. The van der Waals surface area contributed by atoms with Gasteiger partial charge in [-0.2, -0.15) is 0 Å². The van der Waals surface area contributed by atoms with Crippen LogP contribution in [0.3, 0.4) is 0 Å². The van der Waals surface area contributed by atoms with Crippen molar-refractivity contribution in [2.45, 2.75) is 83.0 Å². The van der Waals surface area contributed by atoms with Crippen molar-refractivity contribution in [3.63, 3.8) is 0 Å². The van der Waals surface area contributed by atoms with Gasteiger partial charge in [0.05, 0.1) is 5.69 Å². The molecule has 2 unspecified atom stereocenters. The lowest BCUT2D eigenvalue weighted by molar-refractivity contribution is -0.131. The van der Waals surface area contributed by atoms with Gasteiger partial charge in [-0.15, -0.1) is 0 Å². The number of allylic oxidation sites excluding steroid dienone is 2. The van der Waals surface area contributed by atoms with Crippen molar-refractivity contribution in [1.82, 2.24) is 4.98 Å². The second kappa shape index (κ2) is 8.37. The minimum Gasteiger partial charge on any atom is -0.369 e. The number of aromatic nitrogens is 1. The van der Waals surface area contributed by atoms with Gasteiger partial charge in [-0.1, -0.05) is 58.0 Å². The largest absolute Gasteiger partial charge is 0.369 e. The van der Waals surface area contributed by atoms with E-state index in [-0.39, 0.29) is 22.7 Å². The number of fused-ring (bicyclic) bond motifs is 1. The molecule has 0 saturated heterocycles. The van der Waals surface area contributed by atoms with E-state index in [0.717, 1.165) is 36.9 Å². The molecular formula is C29H37N3O2. The molecule has 4 rings (SSSR count). The van der Waals surface area contributed by atoms with Crippen LogP contribution in [-0.4, -0.2) is 16.8 Å². The quantitative estimate of drug-likeness (QED) is 0.449. The molecule has 180 valence electrons. The first-order valence-corrected chi connectivity index (χ1v) is 12.4. The molecule has 1 heterocycles. The first-order valence-electron chi connectivity index (χ1n) is 12.4. The van der Waals surface area contributed by atoms with Gasteiger partial charge in [-0.25, -0.2) is 0 Å². The first-order chi connectivity index (χ1) is 16.0. The maximum absolute atomic E-state index is 11.6. The van der Waals surface area contributed by atoms with E-state index in [2.05, 4.69) is 58.9 Å². The molecule has 0 aliphatic heterocycles. The monoisotopic (exact) mass is 459 g/mol. The summed E-state index contributed by atoms with van der Waals surface area (Å²) in [5, 5.41) is 0. The van der Waals surface area contributed by atoms with Crippen LogP contribution in [0, 0.1) is 12.8 Å². The average molecular weight is 460 g/mol. The molecule has 2 aliphatic rings. The minimum absolute atomic E-state index is 0.0262. The van der Waals surface area contributed by atoms with Crippen molar-refractivity contribution >= 4 is 11.8 Å². The number of primary amides is 2. The van der Waals surface area contributed by atoms with Gasteiger partial charge in [0.15, 0.2) is 0 Å². The second-order valence-electron chi connectivity index (χ2n) is 10.8. The van der Waals surface area contributed by atoms with Crippen LogP contribution in [0.5, 0.6) is 0 Å². The Morgan fingerprint density at radius 2 is 1.50 bits per heavy atom. The van der Waals surface area contributed by atoms with Crippen LogP contribution in [0.25, 0.3) is 0 Å². The zero-order chi connectivity index (χ0) is 24.9. The summed E-state index contributed by atoms with van der Waals surface area (Å²) in [5.41, 5.74) is 18.1. The van der Waals surface area contributed by atoms with Crippen LogP contribution in [0.1, 0.15) is 86.9 Å². The van der Waals surface area contributed by atoms with Gasteiger partial charge in [-0.05, 0) is 72.9 Å². The van der Waals surface area contributed by atoms with Crippen molar-refractivity contribution in [3.05, 3.63) is 76.1 Å². The minimum atomic E-state index is -1.02. The van der Waals surface area contributed by atoms with Crippen molar-refractivity contribution in [3.8, 4) is 0 Å². The van der Waals surface area contributed by atoms with Crippen molar-refractivity contribution in [2.75, 3.05) is 0 Å². The first kappa shape index (κ1) is 24.2. The number of nitrogens with two attached hydrogens (primary N) is 2. The summed E-state index contributed by atoms with van der Waals surface area (Å²) in [4.78, 5) is 27.9. The number of nitrogens with zero attached hydrogens (tertiary/aromatic N) is 1. The summed E-state index contributed by atoms with van der Waals surface area (Å²) in [7, 11) is 0. The highest BCUT2D eigenvalue weighted by molar-refractivity contribution is 5.99. The lowest BCUT2D eigenvalue weighted by atomic mass is 9.63. The molecule has 5 heteroatoms. The Morgan fingerprint density at radius 1 is 0.941 bits per heavy atom. The van der Waals surface area contributed by atoms with Gasteiger partial charge in [0.1, 0.15) is 5.92 Å². The number of rotatable bonds is 8. The summed E-state index contributed by atoms with van der Waals surface area (Å²) >= 11 is 0. The van der Waals surface area contributed by atoms with Gasteiger partial charge < -0.3 is 11.5 Å². The van der Waals surface area contributed by atoms with Gasteiger partial charge in [0, 0.05) is 22.4 Å². The fourth-order valence-corrected chi connectivity index (χ4v) is 5.53. The predicted molar refractivity (Wildman–Crippen MR) is 135 cm³/mol. The number of carbonyl (C=O) groups excluding carboxylic acids is 2. The molecule has 0 radical (unpaired) electrons. The highest BCUT2D eigenvalue weighted by Crippen LogP contribution is 2.56. The molecule has 0 spiro atoms. The maximum atomic E-state index is 11.6. The lowest BCUT2D eigenvalue weighted by Crippen LogP contribution is -2.36. The molecule has 1 aromatic heterocycles. The Hall–Kier alpha value is -2.95. The molecule has 34 heavy (non-hydrogen) atoms. The Labute approximate surface area is 203 Å². The Bertz CT molecular complexity index is 1150. The van der Waals surface area contributed by atoms with Crippen molar-refractivity contribution in [1.29, 1.82) is 0 Å². The lowest BCUT2D eigenvalue weighted by Gasteiger charge is -2.41. The van der Waals surface area contributed by atoms with Gasteiger partial charge >= 0.3 is 0 Å². The molecule has 2 aliphatic carbocycles. The fraction of sp³-hybridized carbons (Fsp3) is 0.483. The molecule has 2 amide bonds. The topological polar surface area (TPSA) is 99.1 Å². The Kier molecular flexibility index (Phi) is 5.95. The third-order valence-corrected chi connectivity index (χ3v) is 8.59. The number of hydrogen-bond donors (Lipinski definition) is 2. The number of benzene rings is 1. The molecule has 1 saturated carbocycles. The summed E-state index contributed by atoms with van der Waals surface area (Å²) in [5.74, 6) is -2.42. The van der Waals surface area contributed by atoms with Crippen LogP contribution in [0.4, 0.5) is 0 Å².